The summed E-state index contributed by atoms with van der Waals surface area (Å²) in [6.07, 6.45) is 1.72. The number of methoxy groups -OCH3 is 1. The molecule has 0 aromatic heterocycles. The second kappa shape index (κ2) is 8.45. The number of hydrogen-bond acceptors (Lipinski definition) is 5. The first-order valence-corrected chi connectivity index (χ1v) is 10.4. The molecule has 1 fully saturated rings. The van der Waals surface area contributed by atoms with Gasteiger partial charge >= 0.3 is 0 Å². The van der Waals surface area contributed by atoms with Gasteiger partial charge in [0, 0.05) is 18.7 Å². The summed E-state index contributed by atoms with van der Waals surface area (Å²) in [4.78, 5) is 12.6. The van der Waals surface area contributed by atoms with Gasteiger partial charge in [-0.1, -0.05) is 12.6 Å². The van der Waals surface area contributed by atoms with Crippen molar-refractivity contribution in [1.82, 2.24) is 15.2 Å². The zero-order valence-corrected chi connectivity index (χ0v) is 16.5. The highest BCUT2D eigenvalue weighted by Gasteiger charge is 2.27. The van der Waals surface area contributed by atoms with Gasteiger partial charge in [0.25, 0.3) is 5.91 Å². The minimum absolute atomic E-state index is 0.121. The maximum atomic E-state index is 12.7. The van der Waals surface area contributed by atoms with Crippen LogP contribution in [0.3, 0.4) is 0 Å². The Hall–Kier alpha value is -2.84. The van der Waals surface area contributed by atoms with Gasteiger partial charge in [0.2, 0.25) is 10.0 Å². The van der Waals surface area contributed by atoms with Crippen molar-refractivity contribution in [2.24, 2.45) is 0 Å². The molecule has 0 unspecified atom stereocenters. The molecule has 1 aliphatic heterocycles. The maximum Gasteiger partial charge on any atom is 0.269 e. The molecule has 2 aromatic rings. The molecule has 0 spiro atoms. The highest BCUT2D eigenvalue weighted by molar-refractivity contribution is 7.89. The molecule has 28 heavy (non-hydrogen) atoms. The Balaban J connectivity index is 1.66. The van der Waals surface area contributed by atoms with Crippen LogP contribution in [-0.2, 0) is 10.0 Å². The molecule has 0 saturated carbocycles. The van der Waals surface area contributed by atoms with E-state index in [2.05, 4.69) is 17.4 Å². The molecule has 148 valence electrons. The standard InChI is InChI=1S/C20H23N3O4S/c1-15(16-8-10-18(27-2)11-9-16)21-22-20(24)17-6-5-7-19(14-17)28(25,26)23-12-3-4-13-23/h5-11,14,21H,1,3-4,12-13H2,2H3,(H,22,24). The van der Waals surface area contributed by atoms with Gasteiger partial charge in [-0.15, -0.1) is 0 Å². The third-order valence-electron chi connectivity index (χ3n) is 4.56. The lowest BCUT2D eigenvalue weighted by Gasteiger charge is -2.16. The first-order chi connectivity index (χ1) is 13.4. The van der Waals surface area contributed by atoms with Crippen LogP contribution in [0.25, 0.3) is 5.70 Å². The first-order valence-electron chi connectivity index (χ1n) is 8.92. The molecule has 2 N–H and O–H groups in total. The number of benzene rings is 2. The number of hydrogen-bond donors (Lipinski definition) is 2. The average Bonchev–Trinajstić information content (AvgIpc) is 3.27. The van der Waals surface area contributed by atoms with Gasteiger partial charge in [-0.2, -0.15) is 4.31 Å². The summed E-state index contributed by atoms with van der Waals surface area (Å²) >= 11 is 0. The fourth-order valence-electron chi connectivity index (χ4n) is 2.94. The zero-order chi connectivity index (χ0) is 20.1. The molecule has 2 aromatic carbocycles. The van der Waals surface area contributed by atoms with Gasteiger partial charge in [-0.05, 0) is 60.9 Å². The number of ether oxygens (including phenoxy) is 1. The van der Waals surface area contributed by atoms with Crippen LogP contribution in [0.5, 0.6) is 5.75 Å². The number of hydrazine groups is 1. The Morgan fingerprint density at radius 2 is 1.71 bits per heavy atom. The van der Waals surface area contributed by atoms with Crippen LogP contribution in [0.1, 0.15) is 28.8 Å². The highest BCUT2D eigenvalue weighted by Crippen LogP contribution is 2.21. The molecule has 0 atom stereocenters. The molecule has 1 amide bonds. The van der Waals surface area contributed by atoms with E-state index in [1.54, 1.807) is 31.4 Å². The van der Waals surface area contributed by atoms with Gasteiger partial charge < -0.3 is 4.74 Å². The van der Waals surface area contributed by atoms with Gasteiger partial charge in [-0.25, -0.2) is 8.42 Å². The topological polar surface area (TPSA) is 87.7 Å². The smallest absolute Gasteiger partial charge is 0.269 e. The van der Waals surface area contributed by atoms with E-state index in [1.165, 1.54) is 16.4 Å². The van der Waals surface area contributed by atoms with Gasteiger partial charge in [0.15, 0.2) is 0 Å². The van der Waals surface area contributed by atoms with Crippen LogP contribution in [-0.4, -0.2) is 38.8 Å². The van der Waals surface area contributed by atoms with Crippen molar-refractivity contribution in [2.45, 2.75) is 17.7 Å². The monoisotopic (exact) mass is 401 g/mol. The Morgan fingerprint density at radius 3 is 2.36 bits per heavy atom. The summed E-state index contributed by atoms with van der Waals surface area (Å²) in [5.74, 6) is 0.268. The number of rotatable bonds is 7. The summed E-state index contributed by atoms with van der Waals surface area (Å²) < 4.78 is 31.9. The van der Waals surface area contributed by atoms with E-state index in [4.69, 9.17) is 4.74 Å². The van der Waals surface area contributed by atoms with Crippen LogP contribution in [0.15, 0.2) is 60.0 Å². The molecule has 7 nitrogen and oxygen atoms in total. The van der Waals surface area contributed by atoms with E-state index >= 15 is 0 Å². The molecule has 0 bridgehead atoms. The predicted octanol–water partition coefficient (Wildman–Crippen LogP) is 2.39. The average molecular weight is 401 g/mol. The number of amides is 1. The number of carbonyl (C=O) groups is 1. The Morgan fingerprint density at radius 1 is 1.04 bits per heavy atom. The van der Waals surface area contributed by atoms with E-state index in [0.717, 1.165) is 24.2 Å². The van der Waals surface area contributed by atoms with Crippen LogP contribution < -0.4 is 15.6 Å². The van der Waals surface area contributed by atoms with E-state index in [-0.39, 0.29) is 10.5 Å². The quantitative estimate of drug-likeness (QED) is 0.696. The summed E-state index contributed by atoms with van der Waals surface area (Å²) in [5.41, 5.74) is 6.83. The van der Waals surface area contributed by atoms with Crippen molar-refractivity contribution in [2.75, 3.05) is 20.2 Å². The first kappa shape index (κ1) is 19.9. The summed E-state index contributed by atoms with van der Waals surface area (Å²) in [5, 5.41) is 0. The number of nitrogens with one attached hydrogen (secondary N) is 2. The molecule has 0 radical (unpaired) electrons. The minimum Gasteiger partial charge on any atom is -0.497 e. The van der Waals surface area contributed by atoms with Crippen molar-refractivity contribution in [3.63, 3.8) is 0 Å². The van der Waals surface area contributed by atoms with Crippen LogP contribution in [0, 0.1) is 0 Å². The summed E-state index contributed by atoms with van der Waals surface area (Å²) in [6.45, 7) is 4.92. The lowest BCUT2D eigenvalue weighted by atomic mass is 10.2. The van der Waals surface area contributed by atoms with Crippen molar-refractivity contribution < 1.29 is 17.9 Å². The minimum atomic E-state index is -3.57. The molecule has 3 rings (SSSR count). The number of sulfonamides is 1. The Labute approximate surface area is 165 Å². The van der Waals surface area contributed by atoms with E-state index in [1.807, 2.05) is 12.1 Å². The second-order valence-corrected chi connectivity index (χ2v) is 8.36. The fourth-order valence-corrected chi connectivity index (χ4v) is 4.51. The molecule has 1 saturated heterocycles. The van der Waals surface area contributed by atoms with Gasteiger partial charge in [0.1, 0.15) is 5.75 Å². The van der Waals surface area contributed by atoms with E-state index in [9.17, 15) is 13.2 Å². The van der Waals surface area contributed by atoms with Crippen molar-refractivity contribution >= 4 is 21.6 Å². The van der Waals surface area contributed by atoms with Crippen LogP contribution in [0.4, 0.5) is 0 Å². The number of nitrogens with zero attached hydrogens (tertiary/aromatic N) is 1. The normalized spacial score (nSPS) is 14.5. The maximum absolute atomic E-state index is 12.7. The van der Waals surface area contributed by atoms with Crippen molar-refractivity contribution in [3.8, 4) is 5.75 Å². The molecule has 0 aliphatic carbocycles. The lowest BCUT2D eigenvalue weighted by molar-refractivity contribution is 0.0942. The largest absolute Gasteiger partial charge is 0.497 e. The SMILES string of the molecule is C=C(NNC(=O)c1cccc(S(=O)(=O)N2CCCC2)c1)c1ccc(OC)cc1. The number of carbonyl (C=O) groups excluding carboxylic acids is 1. The van der Waals surface area contributed by atoms with E-state index < -0.39 is 15.9 Å². The third-order valence-corrected chi connectivity index (χ3v) is 6.46. The third kappa shape index (κ3) is 4.35. The Kier molecular flexibility index (Phi) is 6.01. The van der Waals surface area contributed by atoms with Gasteiger partial charge in [-0.3, -0.25) is 15.6 Å². The molecular weight excluding hydrogens is 378 g/mol. The van der Waals surface area contributed by atoms with Crippen LogP contribution >= 0.6 is 0 Å². The Bertz CT molecular complexity index is 965. The predicted molar refractivity (Wildman–Crippen MR) is 107 cm³/mol. The summed E-state index contributed by atoms with van der Waals surface area (Å²) in [6, 6.07) is 13.2. The van der Waals surface area contributed by atoms with Crippen molar-refractivity contribution in [1.29, 1.82) is 0 Å². The zero-order valence-electron chi connectivity index (χ0n) is 15.6. The molecule has 8 heteroatoms. The highest BCUT2D eigenvalue weighted by atomic mass is 32.2. The van der Waals surface area contributed by atoms with Crippen LogP contribution in [0.2, 0.25) is 0 Å². The van der Waals surface area contributed by atoms with Crippen molar-refractivity contribution in [3.05, 3.63) is 66.2 Å². The lowest BCUT2D eigenvalue weighted by Crippen LogP contribution is -2.36. The van der Waals surface area contributed by atoms with Gasteiger partial charge in [0.05, 0.1) is 17.7 Å². The molecule has 1 heterocycles. The second-order valence-electron chi connectivity index (χ2n) is 6.43. The fraction of sp³-hybridized carbons (Fsp3) is 0.250. The summed E-state index contributed by atoms with van der Waals surface area (Å²) in [7, 11) is -1.99. The molecule has 1 aliphatic rings. The van der Waals surface area contributed by atoms with E-state index in [0.29, 0.717) is 18.8 Å². The molecular formula is C20H23N3O4S.